The van der Waals surface area contributed by atoms with E-state index in [0.29, 0.717) is 12.2 Å². The average Bonchev–Trinajstić information content (AvgIpc) is 2.14. The minimum atomic E-state index is -0.678. The van der Waals surface area contributed by atoms with Gasteiger partial charge in [0.25, 0.3) is 0 Å². The van der Waals surface area contributed by atoms with Gasteiger partial charge in [-0.05, 0) is 47.2 Å². The zero-order chi connectivity index (χ0) is 10.6. The number of benzene rings is 1. The van der Waals surface area contributed by atoms with Crippen LogP contribution in [0.5, 0.6) is 0 Å². The quantitative estimate of drug-likeness (QED) is 0.866. The first-order valence-electron chi connectivity index (χ1n) is 4.36. The van der Waals surface area contributed by atoms with E-state index in [-0.39, 0.29) is 12.4 Å². The number of halogens is 2. The van der Waals surface area contributed by atoms with Gasteiger partial charge in [-0.1, -0.05) is 6.07 Å². The van der Waals surface area contributed by atoms with Crippen molar-refractivity contribution >= 4 is 22.6 Å². The van der Waals surface area contributed by atoms with E-state index in [0.717, 1.165) is 3.57 Å². The van der Waals surface area contributed by atoms with Crippen molar-refractivity contribution in [3.8, 4) is 0 Å². The van der Waals surface area contributed by atoms with E-state index in [1.165, 1.54) is 12.1 Å². The number of hydrogen-bond donors (Lipinski definition) is 1. The molecule has 1 atom stereocenters. The zero-order valence-electron chi connectivity index (χ0n) is 7.84. The van der Waals surface area contributed by atoms with Crippen molar-refractivity contribution < 1.29 is 14.2 Å². The summed E-state index contributed by atoms with van der Waals surface area (Å²) in [6.07, 6.45) is -0.678. The summed E-state index contributed by atoms with van der Waals surface area (Å²) in [5, 5.41) is 9.67. The van der Waals surface area contributed by atoms with Crippen molar-refractivity contribution in [2.75, 3.05) is 13.2 Å². The summed E-state index contributed by atoms with van der Waals surface area (Å²) in [5.41, 5.74) is 0.709. The molecule has 78 valence electrons. The summed E-state index contributed by atoms with van der Waals surface area (Å²) in [7, 11) is 0. The SMILES string of the molecule is CCOCC(O)c1ccc(F)cc1I. The van der Waals surface area contributed by atoms with Gasteiger partial charge in [-0.25, -0.2) is 4.39 Å². The molecule has 14 heavy (non-hydrogen) atoms. The summed E-state index contributed by atoms with van der Waals surface area (Å²) in [6.45, 7) is 2.68. The molecular weight excluding hydrogens is 298 g/mol. The van der Waals surface area contributed by atoms with Gasteiger partial charge in [-0.2, -0.15) is 0 Å². The fourth-order valence-electron chi connectivity index (χ4n) is 1.09. The molecule has 0 amide bonds. The van der Waals surface area contributed by atoms with Gasteiger partial charge in [-0.3, -0.25) is 0 Å². The van der Waals surface area contributed by atoms with E-state index in [9.17, 15) is 9.50 Å². The van der Waals surface area contributed by atoms with Gasteiger partial charge in [0.1, 0.15) is 11.9 Å². The lowest BCUT2D eigenvalue weighted by atomic mass is 10.1. The summed E-state index contributed by atoms with van der Waals surface area (Å²) >= 11 is 2.00. The molecule has 0 saturated carbocycles. The highest BCUT2D eigenvalue weighted by Crippen LogP contribution is 2.21. The Labute approximate surface area is 96.2 Å². The lowest BCUT2D eigenvalue weighted by Crippen LogP contribution is -2.08. The Morgan fingerprint density at radius 2 is 2.29 bits per heavy atom. The number of aliphatic hydroxyl groups excluding tert-OH is 1. The molecule has 1 N–H and O–H groups in total. The molecule has 1 aromatic rings. The molecule has 0 saturated heterocycles. The maximum Gasteiger partial charge on any atom is 0.124 e. The molecule has 2 nitrogen and oxygen atoms in total. The van der Waals surface area contributed by atoms with Crippen molar-refractivity contribution in [3.63, 3.8) is 0 Å². The monoisotopic (exact) mass is 310 g/mol. The maximum atomic E-state index is 12.7. The van der Waals surface area contributed by atoms with Crippen LogP contribution in [0, 0.1) is 9.39 Å². The highest BCUT2D eigenvalue weighted by atomic mass is 127. The minimum Gasteiger partial charge on any atom is -0.386 e. The van der Waals surface area contributed by atoms with Gasteiger partial charge >= 0.3 is 0 Å². The topological polar surface area (TPSA) is 29.5 Å². The number of ether oxygens (including phenoxy) is 1. The third-order valence-corrected chi connectivity index (χ3v) is 2.74. The Hall–Kier alpha value is -0.200. The van der Waals surface area contributed by atoms with Gasteiger partial charge in [-0.15, -0.1) is 0 Å². The molecule has 0 radical (unpaired) electrons. The summed E-state index contributed by atoms with van der Waals surface area (Å²) < 4.78 is 18.6. The van der Waals surface area contributed by atoms with E-state index < -0.39 is 6.10 Å². The van der Waals surface area contributed by atoms with Crippen LogP contribution in [0.4, 0.5) is 4.39 Å². The van der Waals surface area contributed by atoms with Crippen LogP contribution in [-0.2, 0) is 4.74 Å². The third-order valence-electron chi connectivity index (χ3n) is 1.80. The number of aliphatic hydroxyl groups is 1. The number of rotatable bonds is 4. The molecule has 1 rings (SSSR count). The first kappa shape index (κ1) is 11.9. The minimum absolute atomic E-state index is 0.248. The predicted octanol–water partition coefficient (Wildman–Crippen LogP) is 2.50. The lowest BCUT2D eigenvalue weighted by Gasteiger charge is -2.12. The molecule has 0 heterocycles. The van der Waals surface area contributed by atoms with Gasteiger partial charge in [0.05, 0.1) is 6.61 Å². The van der Waals surface area contributed by atoms with E-state index >= 15 is 0 Å². The van der Waals surface area contributed by atoms with E-state index in [4.69, 9.17) is 4.74 Å². The summed E-state index contributed by atoms with van der Waals surface area (Å²) in [4.78, 5) is 0. The van der Waals surface area contributed by atoms with Crippen LogP contribution in [-0.4, -0.2) is 18.3 Å². The smallest absolute Gasteiger partial charge is 0.124 e. The van der Waals surface area contributed by atoms with Crippen molar-refractivity contribution in [2.45, 2.75) is 13.0 Å². The van der Waals surface area contributed by atoms with Gasteiger partial charge in [0.15, 0.2) is 0 Å². The van der Waals surface area contributed by atoms with Crippen molar-refractivity contribution in [1.29, 1.82) is 0 Å². The van der Waals surface area contributed by atoms with Crippen LogP contribution in [0.1, 0.15) is 18.6 Å². The molecular formula is C10H12FIO2. The molecule has 0 bridgehead atoms. The Morgan fingerprint density at radius 3 is 2.86 bits per heavy atom. The number of hydrogen-bond acceptors (Lipinski definition) is 2. The summed E-state index contributed by atoms with van der Waals surface area (Å²) in [5.74, 6) is -0.290. The largest absolute Gasteiger partial charge is 0.386 e. The van der Waals surface area contributed by atoms with E-state index in [1.54, 1.807) is 6.07 Å². The van der Waals surface area contributed by atoms with Crippen LogP contribution in [0.25, 0.3) is 0 Å². The van der Waals surface area contributed by atoms with Crippen molar-refractivity contribution in [1.82, 2.24) is 0 Å². The Kier molecular flexibility index (Phi) is 4.77. The summed E-state index contributed by atoms with van der Waals surface area (Å²) in [6, 6.07) is 4.32. The Morgan fingerprint density at radius 1 is 1.57 bits per heavy atom. The molecule has 1 aromatic carbocycles. The maximum absolute atomic E-state index is 12.7. The molecule has 4 heteroatoms. The zero-order valence-corrected chi connectivity index (χ0v) is 9.99. The van der Waals surface area contributed by atoms with Gasteiger partial charge in [0.2, 0.25) is 0 Å². The molecule has 0 aliphatic rings. The normalized spacial score (nSPS) is 12.9. The Balaban J connectivity index is 2.74. The molecule has 0 fully saturated rings. The van der Waals surface area contributed by atoms with Gasteiger partial charge in [0, 0.05) is 10.2 Å². The average molecular weight is 310 g/mol. The standard InChI is InChI=1S/C10H12FIO2/c1-2-14-6-10(13)8-4-3-7(11)5-9(8)12/h3-5,10,13H,2,6H2,1H3. The fraction of sp³-hybridized carbons (Fsp3) is 0.400. The van der Waals surface area contributed by atoms with Crippen molar-refractivity contribution in [3.05, 3.63) is 33.1 Å². The van der Waals surface area contributed by atoms with Crippen LogP contribution in [0.3, 0.4) is 0 Å². The molecule has 0 aliphatic heterocycles. The third kappa shape index (κ3) is 3.18. The highest BCUT2D eigenvalue weighted by Gasteiger charge is 2.11. The van der Waals surface area contributed by atoms with E-state index in [1.807, 2.05) is 29.5 Å². The predicted molar refractivity (Wildman–Crippen MR) is 60.6 cm³/mol. The van der Waals surface area contributed by atoms with Crippen LogP contribution >= 0.6 is 22.6 Å². The van der Waals surface area contributed by atoms with Crippen LogP contribution in [0.2, 0.25) is 0 Å². The molecule has 0 spiro atoms. The second-order valence-electron chi connectivity index (χ2n) is 2.84. The van der Waals surface area contributed by atoms with Gasteiger partial charge < -0.3 is 9.84 Å². The van der Waals surface area contributed by atoms with Crippen LogP contribution in [0.15, 0.2) is 18.2 Å². The van der Waals surface area contributed by atoms with E-state index in [2.05, 4.69) is 0 Å². The van der Waals surface area contributed by atoms with Crippen molar-refractivity contribution in [2.24, 2.45) is 0 Å². The second-order valence-corrected chi connectivity index (χ2v) is 4.00. The second kappa shape index (κ2) is 5.63. The molecule has 0 aromatic heterocycles. The van der Waals surface area contributed by atoms with Crippen LogP contribution < -0.4 is 0 Å². The molecule has 0 aliphatic carbocycles. The first-order valence-corrected chi connectivity index (χ1v) is 5.43. The Bertz CT molecular complexity index is 304. The molecule has 1 unspecified atom stereocenters. The fourth-order valence-corrected chi connectivity index (χ4v) is 1.93. The lowest BCUT2D eigenvalue weighted by molar-refractivity contribution is 0.0416. The highest BCUT2D eigenvalue weighted by molar-refractivity contribution is 14.1. The first-order chi connectivity index (χ1) is 6.65.